The molecule has 294 valence electrons. The fraction of sp³-hybridized carbons (Fsp3) is 0.525. The quantitative estimate of drug-likeness (QED) is 0.0590. The Hall–Kier alpha value is -4.19. The Kier molecular flexibility index (Phi) is 12.1. The summed E-state index contributed by atoms with van der Waals surface area (Å²) in [6, 6.07) is 11.2. The monoisotopic (exact) mass is 801 g/mol. The number of anilines is 1. The molecule has 15 heteroatoms. The van der Waals surface area contributed by atoms with Crippen LogP contribution in [0.3, 0.4) is 0 Å². The zero-order chi connectivity index (χ0) is 39.5. The molecule has 6 rings (SSSR count). The van der Waals surface area contributed by atoms with Crippen LogP contribution in [-0.4, -0.2) is 55.4 Å². The zero-order valence-corrected chi connectivity index (χ0v) is 32.5. The van der Waals surface area contributed by atoms with Crippen molar-refractivity contribution in [2.24, 2.45) is 17.0 Å². The number of hydrogen-bond acceptors (Lipinski definition) is 7. The van der Waals surface area contributed by atoms with E-state index in [1.54, 1.807) is 6.20 Å². The van der Waals surface area contributed by atoms with Crippen LogP contribution in [0.2, 0.25) is 10.0 Å². The Bertz CT molecular complexity index is 1970. The van der Waals surface area contributed by atoms with Crippen LogP contribution in [0.1, 0.15) is 87.1 Å². The van der Waals surface area contributed by atoms with Crippen molar-refractivity contribution in [3.8, 4) is 11.5 Å². The predicted octanol–water partition coefficient (Wildman–Crippen LogP) is 10.1. The fourth-order valence-corrected chi connectivity index (χ4v) is 9.65. The Morgan fingerprint density at radius 1 is 1.11 bits per heavy atom. The molecule has 55 heavy (non-hydrogen) atoms. The lowest BCUT2D eigenvalue weighted by Gasteiger charge is -2.51. The van der Waals surface area contributed by atoms with Gasteiger partial charge in [0, 0.05) is 33.1 Å². The van der Waals surface area contributed by atoms with Crippen LogP contribution in [0.5, 0.6) is 11.5 Å². The molecule has 0 radical (unpaired) electrons. The van der Waals surface area contributed by atoms with Crippen molar-refractivity contribution >= 4 is 40.8 Å². The molecule has 3 aliphatic carbocycles. The van der Waals surface area contributed by atoms with E-state index in [1.165, 1.54) is 24.3 Å². The number of carbonyl (C=O) groups is 2. The molecule has 0 unspecified atom stereocenters. The molecular formula is C40H44Cl2F3N5O5. The van der Waals surface area contributed by atoms with E-state index in [4.69, 9.17) is 42.9 Å². The van der Waals surface area contributed by atoms with Gasteiger partial charge in [0.1, 0.15) is 17.0 Å². The molecule has 1 saturated carbocycles. The van der Waals surface area contributed by atoms with E-state index in [9.17, 15) is 22.8 Å². The topological polar surface area (TPSA) is 127 Å². The number of azide groups is 1. The summed E-state index contributed by atoms with van der Waals surface area (Å²) in [4.78, 5) is 35.1. The first-order chi connectivity index (χ1) is 26.2. The number of carbonyl (C=O) groups excluding carboxylic acids is 2. The number of esters is 1. The number of fused-ring (bicyclic) bond motifs is 3. The van der Waals surface area contributed by atoms with Gasteiger partial charge in [-0.2, -0.15) is 13.2 Å². The molecular weight excluding hydrogens is 758 g/mol. The van der Waals surface area contributed by atoms with Gasteiger partial charge in [0.2, 0.25) is 0 Å². The number of ether oxygens (including phenoxy) is 3. The second-order valence-electron chi connectivity index (χ2n) is 15.1. The molecule has 0 saturated heterocycles. The SMILES string of the molecule is COC(=O)C1(N(C(=O)C(F)(F)F)c2cccc(Cl)c2)CCC2(CC1)c1cc(OCCN=[N+]=[N-])c(Cl)cc1C[C@@H]2C[C@@H](C)COc1ccnc2c1[C@H](C)CCC2. The van der Waals surface area contributed by atoms with Crippen molar-refractivity contribution in [3.63, 3.8) is 0 Å². The lowest BCUT2D eigenvalue weighted by molar-refractivity contribution is -0.174. The highest BCUT2D eigenvalue weighted by atomic mass is 35.5. The summed E-state index contributed by atoms with van der Waals surface area (Å²) >= 11 is 12.9. The molecule has 1 fully saturated rings. The van der Waals surface area contributed by atoms with Gasteiger partial charge in [-0.3, -0.25) is 14.7 Å². The summed E-state index contributed by atoms with van der Waals surface area (Å²) in [7, 11) is 1.11. The third kappa shape index (κ3) is 8.07. The first kappa shape index (κ1) is 40.5. The minimum Gasteiger partial charge on any atom is -0.493 e. The summed E-state index contributed by atoms with van der Waals surface area (Å²) in [5, 5.41) is 4.03. The molecule has 3 atom stereocenters. The number of nitrogens with zero attached hydrogens (tertiary/aromatic N) is 5. The van der Waals surface area contributed by atoms with Crippen LogP contribution < -0.4 is 14.4 Å². The second-order valence-corrected chi connectivity index (χ2v) is 15.9. The van der Waals surface area contributed by atoms with Gasteiger partial charge in [0.15, 0.2) is 0 Å². The molecule has 0 bridgehead atoms. The number of aryl methyl sites for hydroxylation is 1. The summed E-state index contributed by atoms with van der Waals surface area (Å²) in [6.45, 7) is 4.93. The van der Waals surface area contributed by atoms with Crippen molar-refractivity contribution in [3.05, 3.63) is 91.5 Å². The van der Waals surface area contributed by atoms with Gasteiger partial charge >= 0.3 is 18.1 Å². The molecule has 1 amide bonds. The minimum atomic E-state index is -5.29. The lowest BCUT2D eigenvalue weighted by atomic mass is 9.59. The Morgan fingerprint density at radius 3 is 2.56 bits per heavy atom. The Labute approximate surface area is 328 Å². The first-order valence-corrected chi connectivity index (χ1v) is 19.3. The summed E-state index contributed by atoms with van der Waals surface area (Å²) in [5.41, 5.74) is 10.1. The van der Waals surface area contributed by atoms with Crippen molar-refractivity contribution in [2.45, 2.75) is 94.7 Å². The third-order valence-electron chi connectivity index (χ3n) is 11.7. The predicted molar refractivity (Wildman–Crippen MR) is 203 cm³/mol. The molecule has 3 aromatic rings. The molecule has 3 aliphatic rings. The number of methoxy groups -OCH3 is 1. The second kappa shape index (κ2) is 16.5. The summed E-state index contributed by atoms with van der Waals surface area (Å²) in [6.07, 6.45) is 1.19. The zero-order valence-electron chi connectivity index (χ0n) is 31.0. The van der Waals surface area contributed by atoms with Gasteiger partial charge in [-0.05, 0) is 134 Å². The van der Waals surface area contributed by atoms with Gasteiger partial charge in [-0.1, -0.05) is 48.2 Å². The maximum Gasteiger partial charge on any atom is 0.471 e. The van der Waals surface area contributed by atoms with E-state index in [2.05, 4.69) is 28.9 Å². The number of benzene rings is 2. The third-order valence-corrected chi connectivity index (χ3v) is 12.2. The van der Waals surface area contributed by atoms with Crippen molar-refractivity contribution in [1.82, 2.24) is 4.98 Å². The fourth-order valence-electron chi connectivity index (χ4n) is 9.22. The smallest absolute Gasteiger partial charge is 0.471 e. The maximum absolute atomic E-state index is 14.4. The largest absolute Gasteiger partial charge is 0.493 e. The molecule has 0 aliphatic heterocycles. The van der Waals surface area contributed by atoms with Crippen LogP contribution in [0.4, 0.5) is 18.9 Å². The van der Waals surface area contributed by atoms with Gasteiger partial charge in [0.25, 0.3) is 0 Å². The van der Waals surface area contributed by atoms with Gasteiger partial charge < -0.3 is 14.2 Å². The first-order valence-electron chi connectivity index (χ1n) is 18.6. The Balaban J connectivity index is 1.35. The molecule has 2 aromatic carbocycles. The van der Waals surface area contributed by atoms with Crippen molar-refractivity contribution in [1.29, 1.82) is 0 Å². The molecule has 10 nitrogen and oxygen atoms in total. The maximum atomic E-state index is 14.4. The van der Waals surface area contributed by atoms with Crippen LogP contribution in [0.15, 0.2) is 53.8 Å². The van der Waals surface area contributed by atoms with Crippen LogP contribution in [-0.2, 0) is 32.6 Å². The van der Waals surface area contributed by atoms with E-state index in [1.807, 2.05) is 18.2 Å². The number of alkyl halides is 3. The summed E-state index contributed by atoms with van der Waals surface area (Å²) < 4.78 is 60.7. The highest BCUT2D eigenvalue weighted by Gasteiger charge is 2.60. The van der Waals surface area contributed by atoms with Crippen LogP contribution >= 0.6 is 23.2 Å². The normalized spacial score (nSPS) is 23.6. The number of hydrogen-bond donors (Lipinski definition) is 0. The standard InChI is InChI=1S/C40H44Cl2F3N5O5/c1-24(23-55-33-10-15-47-32-9-4-6-25(2)35(32)33)18-27-19-26-20-31(42)34(54-17-16-48-49-46)22-30(26)38(27)11-13-39(14-12-38,37(52)53-3)50(36(51)40(43,44)45)29-8-5-7-28(41)21-29/h5,7-8,10,15,20-22,24-25,27H,4,6,9,11-14,16-19,23H2,1-3H3/t24-,25-,27+,38?,39?/m1/s1. The van der Waals surface area contributed by atoms with Crippen molar-refractivity contribution < 1.29 is 37.0 Å². The number of pyridine rings is 1. The Morgan fingerprint density at radius 2 is 1.87 bits per heavy atom. The lowest BCUT2D eigenvalue weighted by Crippen LogP contribution is -2.63. The molecule has 1 heterocycles. The van der Waals surface area contributed by atoms with E-state index < -0.39 is 29.0 Å². The number of aromatic nitrogens is 1. The van der Waals surface area contributed by atoms with Gasteiger partial charge in [-0.25, -0.2) is 4.79 Å². The van der Waals surface area contributed by atoms with Crippen molar-refractivity contribution in [2.75, 3.05) is 31.8 Å². The number of amides is 1. The molecule has 1 aromatic heterocycles. The van der Waals surface area contributed by atoms with Crippen LogP contribution in [0, 0.1) is 11.8 Å². The van der Waals surface area contributed by atoms with Gasteiger partial charge in [0.05, 0.1) is 31.9 Å². The van der Waals surface area contributed by atoms with E-state index >= 15 is 0 Å². The van der Waals surface area contributed by atoms with E-state index in [-0.39, 0.29) is 61.4 Å². The molecule has 0 N–H and O–H groups in total. The van der Waals surface area contributed by atoms with E-state index in [0.717, 1.165) is 54.5 Å². The summed E-state index contributed by atoms with van der Waals surface area (Å²) in [5.74, 6) is -1.50. The van der Waals surface area contributed by atoms with Gasteiger partial charge in [-0.15, -0.1) is 0 Å². The average molecular weight is 803 g/mol. The van der Waals surface area contributed by atoms with E-state index in [0.29, 0.717) is 41.0 Å². The number of rotatable bonds is 12. The molecule has 1 spiro atoms. The highest BCUT2D eigenvalue weighted by molar-refractivity contribution is 6.32. The average Bonchev–Trinajstić information content (AvgIpc) is 3.42. The minimum absolute atomic E-state index is 0.0190. The number of halogens is 5. The highest BCUT2D eigenvalue weighted by Crippen LogP contribution is 2.58. The van der Waals surface area contributed by atoms with Crippen LogP contribution in [0.25, 0.3) is 10.4 Å².